The van der Waals surface area contributed by atoms with E-state index in [9.17, 15) is 22.0 Å². The van der Waals surface area contributed by atoms with Crippen molar-refractivity contribution in [1.82, 2.24) is 5.32 Å². The molecule has 1 aliphatic rings. The first-order valence-electron chi connectivity index (χ1n) is 5.55. The van der Waals surface area contributed by atoms with Gasteiger partial charge in [0, 0.05) is 11.6 Å². The van der Waals surface area contributed by atoms with Crippen LogP contribution in [-0.4, -0.2) is 11.7 Å². The third kappa shape index (κ3) is 2.21. The molecule has 18 heavy (non-hydrogen) atoms. The van der Waals surface area contributed by atoms with Crippen LogP contribution in [0.4, 0.5) is 22.0 Å². The normalized spacial score (nSPS) is 19.7. The molecule has 0 amide bonds. The quantitative estimate of drug-likeness (QED) is 0.821. The first kappa shape index (κ1) is 13.3. The van der Waals surface area contributed by atoms with Crippen LogP contribution in [0.1, 0.15) is 31.4 Å². The van der Waals surface area contributed by atoms with Crippen LogP contribution in [0.15, 0.2) is 18.2 Å². The van der Waals surface area contributed by atoms with Crippen molar-refractivity contribution in [2.45, 2.75) is 37.5 Å². The molecule has 1 aromatic rings. The van der Waals surface area contributed by atoms with E-state index in [1.54, 1.807) is 0 Å². The third-order valence-electron chi connectivity index (χ3n) is 3.22. The lowest BCUT2D eigenvalue weighted by atomic mass is 10.1. The van der Waals surface area contributed by atoms with E-state index in [0.717, 1.165) is 12.1 Å². The van der Waals surface area contributed by atoms with Gasteiger partial charge in [-0.25, -0.2) is 8.78 Å². The fraction of sp³-hybridized carbons (Fsp3) is 0.500. The summed E-state index contributed by atoms with van der Waals surface area (Å²) in [6.45, 7) is 1.33. The Labute approximate surface area is 101 Å². The molecule has 0 heterocycles. The van der Waals surface area contributed by atoms with Crippen molar-refractivity contribution in [1.29, 1.82) is 0 Å². The molecule has 1 nitrogen and oxygen atoms in total. The number of rotatable bonds is 3. The van der Waals surface area contributed by atoms with Crippen LogP contribution in [0.2, 0.25) is 0 Å². The average Bonchev–Trinajstić information content (AvgIpc) is 2.97. The summed E-state index contributed by atoms with van der Waals surface area (Å²) in [4.78, 5) is 0. The van der Waals surface area contributed by atoms with Crippen LogP contribution in [-0.2, 0) is 0 Å². The number of hydrogen-bond donors (Lipinski definition) is 1. The zero-order valence-corrected chi connectivity index (χ0v) is 9.61. The van der Waals surface area contributed by atoms with Crippen LogP contribution < -0.4 is 5.32 Å². The first-order valence-corrected chi connectivity index (χ1v) is 5.55. The largest absolute Gasteiger partial charge is 0.406 e. The van der Waals surface area contributed by atoms with Gasteiger partial charge >= 0.3 is 6.18 Å². The Hall–Kier alpha value is -1.17. The topological polar surface area (TPSA) is 12.0 Å². The fourth-order valence-electron chi connectivity index (χ4n) is 2.05. The molecular formula is C12H12F5N. The molecule has 0 aliphatic heterocycles. The Morgan fingerprint density at radius 1 is 1.17 bits per heavy atom. The van der Waals surface area contributed by atoms with Crippen molar-refractivity contribution >= 4 is 0 Å². The molecule has 0 saturated heterocycles. The molecular weight excluding hydrogens is 253 g/mol. The Bertz CT molecular complexity index is 430. The number of nitrogens with one attached hydrogen (secondary N) is 1. The molecule has 1 aromatic carbocycles. The Morgan fingerprint density at radius 2 is 1.67 bits per heavy atom. The molecule has 0 spiro atoms. The van der Waals surface area contributed by atoms with E-state index in [1.165, 1.54) is 13.0 Å². The van der Waals surface area contributed by atoms with Crippen LogP contribution in [0.3, 0.4) is 0 Å². The molecule has 0 aromatic heterocycles. The molecule has 0 bridgehead atoms. The molecule has 1 atom stereocenters. The average molecular weight is 265 g/mol. The summed E-state index contributed by atoms with van der Waals surface area (Å²) in [5.41, 5.74) is -2.34. The van der Waals surface area contributed by atoms with E-state index in [-0.39, 0.29) is 18.4 Å². The van der Waals surface area contributed by atoms with Crippen LogP contribution >= 0.6 is 0 Å². The fourth-order valence-corrected chi connectivity index (χ4v) is 2.05. The zero-order chi connectivity index (χ0) is 13.6. The van der Waals surface area contributed by atoms with Gasteiger partial charge in [-0.05, 0) is 31.9 Å². The predicted molar refractivity (Wildman–Crippen MR) is 55.9 cm³/mol. The second kappa shape index (κ2) is 4.19. The lowest BCUT2D eigenvalue weighted by Crippen LogP contribution is -2.46. The van der Waals surface area contributed by atoms with Gasteiger partial charge in [0.2, 0.25) is 0 Å². The maximum absolute atomic E-state index is 13.4. The smallest absolute Gasteiger partial charge is 0.297 e. The second-order valence-electron chi connectivity index (χ2n) is 4.58. The van der Waals surface area contributed by atoms with E-state index in [0.29, 0.717) is 0 Å². The summed E-state index contributed by atoms with van der Waals surface area (Å²) in [6, 6.07) is 2.21. The van der Waals surface area contributed by atoms with Gasteiger partial charge in [-0.2, -0.15) is 13.2 Å². The van der Waals surface area contributed by atoms with Crippen molar-refractivity contribution in [3.05, 3.63) is 35.4 Å². The van der Waals surface area contributed by atoms with E-state index >= 15 is 0 Å². The maximum Gasteiger partial charge on any atom is 0.406 e. The predicted octanol–water partition coefficient (Wildman–Crippen LogP) is 3.71. The summed E-state index contributed by atoms with van der Waals surface area (Å²) >= 11 is 0. The van der Waals surface area contributed by atoms with Gasteiger partial charge < -0.3 is 0 Å². The molecule has 1 unspecified atom stereocenters. The SMILES string of the molecule is CC(NC1(C(F)(F)F)CC1)c1c(F)cccc1F. The monoisotopic (exact) mass is 265 g/mol. The molecule has 6 heteroatoms. The summed E-state index contributed by atoms with van der Waals surface area (Å²) < 4.78 is 65.0. The Kier molecular flexibility index (Phi) is 3.09. The second-order valence-corrected chi connectivity index (χ2v) is 4.58. The number of benzene rings is 1. The van der Waals surface area contributed by atoms with Crippen molar-refractivity contribution in [3.8, 4) is 0 Å². The van der Waals surface area contributed by atoms with Crippen molar-refractivity contribution in [2.24, 2.45) is 0 Å². The molecule has 0 radical (unpaired) electrons. The molecule has 2 rings (SSSR count). The summed E-state index contributed by atoms with van der Waals surface area (Å²) in [5, 5.41) is 2.30. The summed E-state index contributed by atoms with van der Waals surface area (Å²) in [6.07, 6.45) is -4.52. The Morgan fingerprint density at radius 3 is 2.06 bits per heavy atom. The molecule has 100 valence electrons. The standard InChI is InChI=1S/C12H12F5N/c1-7(10-8(13)3-2-4-9(10)14)18-11(5-6-11)12(15,16)17/h2-4,7,18H,5-6H2,1H3. The maximum atomic E-state index is 13.4. The van der Waals surface area contributed by atoms with E-state index in [4.69, 9.17) is 0 Å². The van der Waals surface area contributed by atoms with Crippen LogP contribution in [0.5, 0.6) is 0 Å². The number of alkyl halides is 3. The Balaban J connectivity index is 2.21. The summed E-state index contributed by atoms with van der Waals surface area (Å²) in [5.74, 6) is -1.68. The highest BCUT2D eigenvalue weighted by atomic mass is 19.4. The number of halogens is 5. The molecule has 1 fully saturated rings. The van der Waals surface area contributed by atoms with Gasteiger partial charge in [-0.3, -0.25) is 5.32 Å². The van der Waals surface area contributed by atoms with Gasteiger partial charge in [0.1, 0.15) is 17.2 Å². The van der Waals surface area contributed by atoms with E-state index in [2.05, 4.69) is 5.32 Å². The lowest BCUT2D eigenvalue weighted by Gasteiger charge is -2.25. The molecule has 1 N–H and O–H groups in total. The van der Waals surface area contributed by atoms with Crippen molar-refractivity contribution in [2.75, 3.05) is 0 Å². The highest BCUT2D eigenvalue weighted by Gasteiger charge is 2.63. The van der Waals surface area contributed by atoms with Crippen LogP contribution in [0, 0.1) is 11.6 Å². The lowest BCUT2D eigenvalue weighted by molar-refractivity contribution is -0.167. The minimum Gasteiger partial charge on any atom is -0.297 e. The van der Waals surface area contributed by atoms with Crippen molar-refractivity contribution in [3.63, 3.8) is 0 Å². The molecule has 1 saturated carbocycles. The van der Waals surface area contributed by atoms with E-state index in [1.807, 2.05) is 0 Å². The van der Waals surface area contributed by atoms with Gasteiger partial charge in [-0.15, -0.1) is 0 Å². The minimum absolute atomic E-state index is 0.0586. The van der Waals surface area contributed by atoms with Crippen LogP contribution in [0.25, 0.3) is 0 Å². The highest BCUT2D eigenvalue weighted by molar-refractivity contribution is 5.24. The van der Waals surface area contributed by atoms with Gasteiger partial charge in [0.05, 0.1) is 0 Å². The zero-order valence-electron chi connectivity index (χ0n) is 9.61. The minimum atomic E-state index is -4.40. The number of hydrogen-bond acceptors (Lipinski definition) is 1. The highest BCUT2D eigenvalue weighted by Crippen LogP contribution is 2.50. The molecule has 1 aliphatic carbocycles. The van der Waals surface area contributed by atoms with Gasteiger partial charge in [0.25, 0.3) is 0 Å². The summed E-state index contributed by atoms with van der Waals surface area (Å²) in [7, 11) is 0. The van der Waals surface area contributed by atoms with Gasteiger partial charge in [0.15, 0.2) is 0 Å². The first-order chi connectivity index (χ1) is 8.27. The van der Waals surface area contributed by atoms with Gasteiger partial charge in [-0.1, -0.05) is 6.07 Å². The van der Waals surface area contributed by atoms with Crippen molar-refractivity contribution < 1.29 is 22.0 Å². The third-order valence-corrected chi connectivity index (χ3v) is 3.22. The van der Waals surface area contributed by atoms with E-state index < -0.39 is 29.4 Å².